The van der Waals surface area contributed by atoms with Gasteiger partial charge in [0.15, 0.2) is 0 Å². The number of hydrogen-bond donors (Lipinski definition) is 0. The fraction of sp³-hybridized carbons (Fsp3) is 0.0725. The lowest BCUT2D eigenvalue weighted by atomic mass is 9.65. The fourth-order valence-electron chi connectivity index (χ4n) is 11.1. The van der Waals surface area contributed by atoms with Crippen molar-refractivity contribution < 1.29 is 4.74 Å². The molecule has 0 saturated heterocycles. The van der Waals surface area contributed by atoms with Crippen LogP contribution in [-0.2, 0) is 23.2 Å². The topological polar surface area (TPSA) is 12.5 Å². The van der Waals surface area contributed by atoms with E-state index >= 15 is 0 Å². The van der Waals surface area contributed by atoms with Gasteiger partial charge in [-0.25, -0.2) is 0 Å². The third kappa shape index (κ3) is 8.43. The van der Waals surface area contributed by atoms with E-state index in [2.05, 4.69) is 278 Å². The Bertz CT molecular complexity index is 3670. The predicted octanol–water partition coefficient (Wildman–Crippen LogP) is 18.0. The molecular formula is C69H53NO. The zero-order chi connectivity index (χ0) is 47.4. The SMILES string of the molecule is C1=Cc2ccccc2COCCc2c(ccc3ccccc23)C(c2ccccc2)(c2cccc(-c3ccc4c(N(c5ccc(-c6ccccc6)cc5)c5ccccc5-c5ccccc5)cccc4c3)c2)C1. The summed E-state index contributed by atoms with van der Waals surface area (Å²) in [5.41, 5.74) is 17.5. The first-order valence-corrected chi connectivity index (χ1v) is 24.8. The summed E-state index contributed by atoms with van der Waals surface area (Å²) in [7, 11) is 0. The summed E-state index contributed by atoms with van der Waals surface area (Å²) in [5, 5.41) is 4.88. The average molecular weight is 912 g/mol. The highest BCUT2D eigenvalue weighted by Crippen LogP contribution is 2.48. The van der Waals surface area contributed by atoms with Crippen LogP contribution in [0, 0.1) is 0 Å². The van der Waals surface area contributed by atoms with Gasteiger partial charge in [-0.2, -0.15) is 0 Å². The van der Waals surface area contributed by atoms with Gasteiger partial charge in [0.2, 0.25) is 0 Å². The van der Waals surface area contributed by atoms with E-state index < -0.39 is 5.41 Å². The van der Waals surface area contributed by atoms with Crippen molar-refractivity contribution in [1.82, 2.24) is 0 Å². The molecule has 340 valence electrons. The molecule has 0 fully saturated rings. The molecule has 0 spiro atoms. The van der Waals surface area contributed by atoms with E-state index in [0.717, 1.165) is 29.9 Å². The Morgan fingerprint density at radius 3 is 1.87 bits per heavy atom. The van der Waals surface area contributed by atoms with Crippen LogP contribution >= 0.6 is 0 Å². The normalized spacial score (nSPS) is 14.8. The smallest absolute Gasteiger partial charge is 0.0722 e. The van der Waals surface area contributed by atoms with Crippen LogP contribution in [0.3, 0.4) is 0 Å². The van der Waals surface area contributed by atoms with E-state index in [0.29, 0.717) is 13.2 Å². The van der Waals surface area contributed by atoms with Gasteiger partial charge in [0.05, 0.1) is 24.6 Å². The van der Waals surface area contributed by atoms with E-state index in [1.165, 1.54) is 88.3 Å². The minimum atomic E-state index is -0.520. The maximum atomic E-state index is 6.51. The first kappa shape index (κ1) is 43.7. The lowest BCUT2D eigenvalue weighted by Gasteiger charge is -2.38. The Morgan fingerprint density at radius 2 is 1.03 bits per heavy atom. The van der Waals surface area contributed by atoms with Gasteiger partial charge in [0, 0.05) is 22.1 Å². The summed E-state index contributed by atoms with van der Waals surface area (Å²) in [6.07, 6.45) is 6.28. The van der Waals surface area contributed by atoms with Crippen molar-refractivity contribution in [3.05, 3.63) is 300 Å². The molecule has 0 amide bonds. The molecule has 11 aromatic rings. The van der Waals surface area contributed by atoms with Crippen LogP contribution in [0.5, 0.6) is 0 Å². The molecule has 1 heterocycles. The second kappa shape index (κ2) is 19.4. The number of para-hydroxylation sites is 1. The molecule has 12 rings (SSSR count). The Labute approximate surface area is 417 Å². The Kier molecular flexibility index (Phi) is 12.0. The van der Waals surface area contributed by atoms with Crippen LogP contribution in [0.4, 0.5) is 17.1 Å². The molecule has 0 aromatic heterocycles. The summed E-state index contributed by atoms with van der Waals surface area (Å²) >= 11 is 0. The summed E-state index contributed by atoms with van der Waals surface area (Å²) < 4.78 is 6.51. The van der Waals surface area contributed by atoms with Crippen molar-refractivity contribution in [3.8, 4) is 33.4 Å². The molecule has 71 heavy (non-hydrogen) atoms. The van der Waals surface area contributed by atoms with E-state index in [1.54, 1.807) is 0 Å². The monoisotopic (exact) mass is 911 g/mol. The molecule has 11 aromatic carbocycles. The van der Waals surface area contributed by atoms with Crippen molar-refractivity contribution in [2.24, 2.45) is 0 Å². The zero-order valence-corrected chi connectivity index (χ0v) is 39.7. The van der Waals surface area contributed by atoms with E-state index in [-0.39, 0.29) is 0 Å². The summed E-state index contributed by atoms with van der Waals surface area (Å²) in [6, 6.07) is 95.6. The first-order valence-electron chi connectivity index (χ1n) is 24.8. The van der Waals surface area contributed by atoms with E-state index in [9.17, 15) is 0 Å². The molecule has 1 unspecified atom stereocenters. The highest BCUT2D eigenvalue weighted by atomic mass is 16.5. The Morgan fingerprint density at radius 1 is 0.408 bits per heavy atom. The van der Waals surface area contributed by atoms with Gasteiger partial charge in [-0.05, 0) is 127 Å². The predicted molar refractivity (Wildman–Crippen MR) is 299 cm³/mol. The van der Waals surface area contributed by atoms with Gasteiger partial charge < -0.3 is 9.64 Å². The van der Waals surface area contributed by atoms with E-state index in [4.69, 9.17) is 4.74 Å². The summed E-state index contributed by atoms with van der Waals surface area (Å²) in [6.45, 7) is 1.21. The molecule has 0 radical (unpaired) electrons. The van der Waals surface area contributed by atoms with Gasteiger partial charge in [-0.1, -0.05) is 237 Å². The molecule has 0 saturated carbocycles. The van der Waals surface area contributed by atoms with Crippen LogP contribution in [0.15, 0.2) is 267 Å². The number of benzene rings is 11. The molecular weight excluding hydrogens is 859 g/mol. The molecule has 1 aliphatic heterocycles. The molecule has 0 bridgehead atoms. The molecule has 1 aliphatic rings. The Balaban J connectivity index is 1.01. The molecule has 0 N–H and O–H groups in total. The van der Waals surface area contributed by atoms with Crippen molar-refractivity contribution in [2.75, 3.05) is 11.5 Å². The number of hydrogen-bond acceptors (Lipinski definition) is 2. The third-order valence-corrected chi connectivity index (χ3v) is 14.5. The van der Waals surface area contributed by atoms with Crippen molar-refractivity contribution in [2.45, 2.75) is 24.9 Å². The van der Waals surface area contributed by atoms with E-state index in [1.807, 2.05) is 0 Å². The number of nitrogens with zero attached hydrogens (tertiary/aromatic N) is 1. The summed E-state index contributed by atoms with van der Waals surface area (Å²) in [5.74, 6) is 0. The number of fused-ring (bicyclic) bond motifs is 5. The highest BCUT2D eigenvalue weighted by molar-refractivity contribution is 6.02. The average Bonchev–Trinajstić information content (AvgIpc) is 3.44. The van der Waals surface area contributed by atoms with Crippen LogP contribution in [0.1, 0.15) is 39.8 Å². The van der Waals surface area contributed by atoms with Crippen molar-refractivity contribution in [1.29, 1.82) is 0 Å². The fourth-order valence-corrected chi connectivity index (χ4v) is 11.1. The lowest BCUT2D eigenvalue weighted by molar-refractivity contribution is 0.123. The molecule has 2 heteroatoms. The van der Waals surface area contributed by atoms with Gasteiger partial charge in [-0.15, -0.1) is 0 Å². The maximum absolute atomic E-state index is 6.51. The van der Waals surface area contributed by atoms with Crippen molar-refractivity contribution >= 4 is 44.7 Å². The molecule has 2 nitrogen and oxygen atoms in total. The van der Waals surface area contributed by atoms with Crippen LogP contribution < -0.4 is 4.90 Å². The second-order valence-electron chi connectivity index (χ2n) is 18.6. The maximum Gasteiger partial charge on any atom is 0.0722 e. The largest absolute Gasteiger partial charge is 0.376 e. The quantitative estimate of drug-likeness (QED) is 0.151. The van der Waals surface area contributed by atoms with Gasteiger partial charge >= 0.3 is 0 Å². The summed E-state index contributed by atoms with van der Waals surface area (Å²) in [4.78, 5) is 2.44. The van der Waals surface area contributed by atoms with Gasteiger partial charge in [0.1, 0.15) is 0 Å². The minimum absolute atomic E-state index is 0.520. The van der Waals surface area contributed by atoms with Crippen molar-refractivity contribution in [3.63, 3.8) is 0 Å². The number of rotatable bonds is 8. The minimum Gasteiger partial charge on any atom is -0.376 e. The number of anilines is 3. The standard InChI is InChI=1S/C69H53NO/c1-4-19-50(20-5-1)52-36-40-61(41-37-52)70(67-34-15-14-33-63(67)53-22-6-2-7-23-53)68-35-17-27-57-47-56(38-42-64(57)68)55-26-16-31-60(48-55)69(59-29-8-3-9-30-59)45-18-28-51-21-10-11-25-58(51)49-71-46-44-65-62-32-13-12-24-54(62)39-43-66(65)69/h1-43,47-48H,44-46,49H2. The first-order chi connectivity index (χ1) is 35.2. The van der Waals surface area contributed by atoms with Gasteiger partial charge in [0.25, 0.3) is 0 Å². The third-order valence-electron chi connectivity index (χ3n) is 14.5. The molecule has 1 atom stereocenters. The number of ether oxygens (including phenoxy) is 1. The lowest BCUT2D eigenvalue weighted by Crippen LogP contribution is -2.31. The van der Waals surface area contributed by atoms with Gasteiger partial charge in [-0.3, -0.25) is 0 Å². The zero-order valence-electron chi connectivity index (χ0n) is 39.7. The van der Waals surface area contributed by atoms with Crippen LogP contribution in [0.2, 0.25) is 0 Å². The highest BCUT2D eigenvalue weighted by Gasteiger charge is 2.38. The second-order valence-corrected chi connectivity index (χ2v) is 18.6. The number of allylic oxidation sites excluding steroid dienone is 1. The molecule has 0 aliphatic carbocycles. The Hall–Kier alpha value is -8.56. The van der Waals surface area contributed by atoms with Crippen LogP contribution in [0.25, 0.3) is 61.0 Å². The van der Waals surface area contributed by atoms with Crippen LogP contribution in [-0.4, -0.2) is 6.61 Å².